The van der Waals surface area contributed by atoms with Gasteiger partial charge in [-0.15, -0.1) is 0 Å². The molecule has 0 atom stereocenters. The van der Waals surface area contributed by atoms with Crippen molar-refractivity contribution in [2.24, 2.45) is 10.2 Å². The highest BCUT2D eigenvalue weighted by Gasteiger charge is 2.04. The first kappa shape index (κ1) is 30.5. The van der Waals surface area contributed by atoms with Crippen molar-refractivity contribution in [2.45, 2.75) is 66.2 Å². The molecule has 0 saturated heterocycles. The standard InChI is InChI=1S/C30H44N6O2/c1-5-35(6-2)27-19-15-25(16-20-27)23-31-33-29(37)13-11-9-10-12-14-30(38)34-32-24-26-17-21-28(22-18-26)36(7-3)8-4/h15-24H,5-14H2,1-4H3,(H,33,37)(H,34,38)/b31-23+,32-24+. The van der Waals surface area contributed by atoms with E-state index in [-0.39, 0.29) is 11.8 Å². The Morgan fingerprint density at radius 1 is 0.605 bits per heavy atom. The van der Waals surface area contributed by atoms with E-state index in [0.29, 0.717) is 12.8 Å². The molecule has 0 bridgehead atoms. The molecule has 2 amide bonds. The van der Waals surface area contributed by atoms with E-state index in [1.807, 2.05) is 24.3 Å². The van der Waals surface area contributed by atoms with Crippen molar-refractivity contribution >= 4 is 35.6 Å². The fourth-order valence-corrected chi connectivity index (χ4v) is 4.11. The minimum atomic E-state index is -0.0989. The van der Waals surface area contributed by atoms with Gasteiger partial charge in [-0.05, 0) is 75.9 Å². The Hall–Kier alpha value is -3.68. The number of amides is 2. The normalized spacial score (nSPS) is 11.2. The molecule has 8 nitrogen and oxygen atoms in total. The van der Waals surface area contributed by atoms with E-state index in [1.54, 1.807) is 12.4 Å². The molecule has 206 valence electrons. The monoisotopic (exact) mass is 520 g/mol. The molecule has 0 unspecified atom stereocenters. The van der Waals surface area contributed by atoms with E-state index in [4.69, 9.17) is 0 Å². The van der Waals surface area contributed by atoms with E-state index in [1.165, 1.54) is 11.4 Å². The molecule has 0 saturated carbocycles. The molecule has 2 aromatic rings. The summed E-state index contributed by atoms with van der Waals surface area (Å²) in [6, 6.07) is 16.2. The number of hydrogen-bond donors (Lipinski definition) is 2. The predicted molar refractivity (Wildman–Crippen MR) is 159 cm³/mol. The first-order valence-electron chi connectivity index (χ1n) is 13.8. The Morgan fingerprint density at radius 2 is 0.947 bits per heavy atom. The first-order chi connectivity index (χ1) is 18.5. The maximum atomic E-state index is 12.0. The van der Waals surface area contributed by atoms with Crippen LogP contribution in [0.15, 0.2) is 58.7 Å². The summed E-state index contributed by atoms with van der Waals surface area (Å²) in [6.07, 6.45) is 7.47. The largest absolute Gasteiger partial charge is 0.372 e. The van der Waals surface area contributed by atoms with Crippen LogP contribution in [0.25, 0.3) is 0 Å². The lowest BCUT2D eigenvalue weighted by Gasteiger charge is -2.20. The topological polar surface area (TPSA) is 89.4 Å². The maximum absolute atomic E-state index is 12.0. The second kappa shape index (κ2) is 17.7. The molecular weight excluding hydrogens is 476 g/mol. The Morgan fingerprint density at radius 3 is 1.26 bits per heavy atom. The van der Waals surface area contributed by atoms with Crippen LogP contribution in [0.4, 0.5) is 11.4 Å². The highest BCUT2D eigenvalue weighted by atomic mass is 16.2. The second-order valence-electron chi connectivity index (χ2n) is 9.03. The van der Waals surface area contributed by atoms with Crippen molar-refractivity contribution in [3.05, 3.63) is 59.7 Å². The van der Waals surface area contributed by atoms with Gasteiger partial charge in [-0.1, -0.05) is 37.1 Å². The molecule has 0 spiro atoms. The number of rotatable bonds is 17. The minimum Gasteiger partial charge on any atom is -0.372 e. The van der Waals surface area contributed by atoms with Crippen LogP contribution in [-0.4, -0.2) is 50.4 Å². The molecule has 2 rings (SSSR count). The van der Waals surface area contributed by atoms with E-state index < -0.39 is 0 Å². The third-order valence-corrected chi connectivity index (χ3v) is 6.41. The van der Waals surface area contributed by atoms with Crippen molar-refractivity contribution in [1.82, 2.24) is 10.9 Å². The van der Waals surface area contributed by atoms with Gasteiger partial charge in [0.15, 0.2) is 0 Å². The fourth-order valence-electron chi connectivity index (χ4n) is 4.11. The van der Waals surface area contributed by atoms with Gasteiger partial charge in [-0.25, -0.2) is 10.9 Å². The molecule has 0 aliphatic carbocycles. The average Bonchev–Trinajstić information content (AvgIpc) is 2.93. The number of unbranched alkanes of at least 4 members (excludes halogenated alkanes) is 3. The summed E-state index contributed by atoms with van der Waals surface area (Å²) < 4.78 is 0. The van der Waals surface area contributed by atoms with Crippen LogP contribution in [0, 0.1) is 0 Å². The molecule has 8 heteroatoms. The van der Waals surface area contributed by atoms with Crippen molar-refractivity contribution in [3.63, 3.8) is 0 Å². The van der Waals surface area contributed by atoms with Crippen molar-refractivity contribution in [2.75, 3.05) is 36.0 Å². The number of anilines is 2. The van der Waals surface area contributed by atoms with Gasteiger partial charge in [0.25, 0.3) is 0 Å². The summed E-state index contributed by atoms with van der Waals surface area (Å²) >= 11 is 0. The number of carbonyl (C=O) groups excluding carboxylic acids is 2. The van der Waals surface area contributed by atoms with E-state index in [2.05, 4.69) is 82.8 Å². The van der Waals surface area contributed by atoms with Crippen LogP contribution in [0.2, 0.25) is 0 Å². The van der Waals surface area contributed by atoms with Gasteiger partial charge < -0.3 is 9.80 Å². The van der Waals surface area contributed by atoms with Gasteiger partial charge in [0, 0.05) is 50.4 Å². The van der Waals surface area contributed by atoms with E-state index >= 15 is 0 Å². The molecule has 0 aliphatic rings. The molecule has 0 fully saturated rings. The van der Waals surface area contributed by atoms with Crippen LogP contribution in [-0.2, 0) is 9.59 Å². The van der Waals surface area contributed by atoms with Crippen molar-refractivity contribution < 1.29 is 9.59 Å². The van der Waals surface area contributed by atoms with Crippen molar-refractivity contribution in [1.29, 1.82) is 0 Å². The van der Waals surface area contributed by atoms with Gasteiger partial charge in [-0.2, -0.15) is 10.2 Å². The smallest absolute Gasteiger partial charge is 0.240 e. The first-order valence-corrected chi connectivity index (χ1v) is 13.8. The predicted octanol–water partition coefficient (Wildman–Crippen LogP) is 5.32. The molecular formula is C30H44N6O2. The fraction of sp³-hybridized carbons (Fsp3) is 0.467. The Balaban J connectivity index is 1.55. The summed E-state index contributed by atoms with van der Waals surface area (Å²) in [4.78, 5) is 28.5. The molecule has 0 aromatic heterocycles. The zero-order valence-corrected chi connectivity index (χ0v) is 23.4. The van der Waals surface area contributed by atoms with Gasteiger partial charge in [0.1, 0.15) is 0 Å². The lowest BCUT2D eigenvalue weighted by atomic mass is 10.1. The van der Waals surface area contributed by atoms with Crippen LogP contribution >= 0.6 is 0 Å². The lowest BCUT2D eigenvalue weighted by molar-refractivity contribution is -0.122. The van der Waals surface area contributed by atoms with E-state index in [0.717, 1.165) is 63.0 Å². The van der Waals surface area contributed by atoms with E-state index in [9.17, 15) is 9.59 Å². The third-order valence-electron chi connectivity index (χ3n) is 6.41. The maximum Gasteiger partial charge on any atom is 0.240 e. The average molecular weight is 521 g/mol. The van der Waals surface area contributed by atoms with Gasteiger partial charge >= 0.3 is 0 Å². The summed E-state index contributed by atoms with van der Waals surface area (Å²) in [5.74, 6) is -0.198. The number of nitrogens with zero attached hydrogens (tertiary/aromatic N) is 4. The number of nitrogens with one attached hydrogen (secondary N) is 2. The zero-order chi connectivity index (χ0) is 27.6. The third kappa shape index (κ3) is 11.2. The number of benzene rings is 2. The summed E-state index contributed by atoms with van der Waals surface area (Å²) in [5, 5.41) is 8.12. The second-order valence-corrected chi connectivity index (χ2v) is 9.03. The number of hydrogen-bond acceptors (Lipinski definition) is 6. The van der Waals surface area contributed by atoms with Gasteiger partial charge in [-0.3, -0.25) is 9.59 Å². The zero-order valence-electron chi connectivity index (χ0n) is 23.4. The van der Waals surface area contributed by atoms with Crippen LogP contribution in [0.3, 0.4) is 0 Å². The van der Waals surface area contributed by atoms with Crippen LogP contribution < -0.4 is 20.7 Å². The molecule has 2 aromatic carbocycles. The molecule has 0 radical (unpaired) electrons. The van der Waals surface area contributed by atoms with Crippen molar-refractivity contribution in [3.8, 4) is 0 Å². The van der Waals surface area contributed by atoms with Crippen LogP contribution in [0.1, 0.15) is 77.3 Å². The van der Waals surface area contributed by atoms with Gasteiger partial charge in [0.05, 0.1) is 12.4 Å². The highest BCUT2D eigenvalue weighted by Crippen LogP contribution is 2.15. The highest BCUT2D eigenvalue weighted by molar-refractivity contribution is 5.83. The summed E-state index contributed by atoms with van der Waals surface area (Å²) in [7, 11) is 0. The van der Waals surface area contributed by atoms with Gasteiger partial charge in [0.2, 0.25) is 11.8 Å². The Bertz CT molecular complexity index is 927. The number of carbonyl (C=O) groups is 2. The Labute approximate surface area is 228 Å². The summed E-state index contributed by atoms with van der Waals surface area (Å²) in [6.45, 7) is 12.4. The Kier molecular flexibility index (Phi) is 14.2. The molecule has 0 heterocycles. The quantitative estimate of drug-likeness (QED) is 0.168. The number of hydrazone groups is 2. The SMILES string of the molecule is CCN(CC)c1ccc(/C=N/NC(=O)CCCCCCC(=O)N/N=C/c2ccc(N(CC)CC)cc2)cc1. The van der Waals surface area contributed by atoms with Crippen LogP contribution in [0.5, 0.6) is 0 Å². The lowest BCUT2D eigenvalue weighted by Crippen LogP contribution is -2.21. The molecule has 38 heavy (non-hydrogen) atoms. The molecule has 0 aliphatic heterocycles. The summed E-state index contributed by atoms with van der Waals surface area (Å²) in [5.41, 5.74) is 9.42. The minimum absolute atomic E-state index is 0.0989. The molecule has 2 N–H and O–H groups in total.